The molecule has 0 aromatic rings. The molecule has 0 amide bonds. The molecule has 1 aliphatic heterocycles. The van der Waals surface area contributed by atoms with E-state index in [-0.39, 0.29) is 6.10 Å². The van der Waals surface area contributed by atoms with Gasteiger partial charge < -0.3 is 10.4 Å². The van der Waals surface area contributed by atoms with E-state index in [1.165, 1.54) is 25.8 Å². The molecule has 1 saturated carbocycles. The number of aliphatic hydroxyl groups is 1. The smallest absolute Gasteiger partial charge is 0.0680 e. The minimum atomic E-state index is -0.109. The van der Waals surface area contributed by atoms with Crippen molar-refractivity contribution in [3.8, 4) is 0 Å². The summed E-state index contributed by atoms with van der Waals surface area (Å²) in [6.07, 6.45) is 4.84. The maximum absolute atomic E-state index is 9.42. The van der Waals surface area contributed by atoms with Gasteiger partial charge in [0, 0.05) is 25.2 Å². The van der Waals surface area contributed by atoms with Crippen molar-refractivity contribution in [2.45, 2.75) is 50.8 Å². The third-order valence-electron chi connectivity index (χ3n) is 3.23. The molecule has 0 aromatic heterocycles. The highest BCUT2D eigenvalue weighted by Crippen LogP contribution is 2.27. The van der Waals surface area contributed by atoms with Crippen molar-refractivity contribution in [2.75, 3.05) is 19.6 Å². The second-order valence-corrected chi connectivity index (χ2v) is 4.72. The van der Waals surface area contributed by atoms with Crippen molar-refractivity contribution in [3.63, 3.8) is 0 Å². The molecule has 2 aliphatic rings. The molecule has 2 unspecified atom stereocenters. The molecule has 2 rings (SSSR count). The lowest BCUT2D eigenvalue weighted by Crippen LogP contribution is -2.39. The number of rotatable bonds is 5. The standard InChI is InChI=1S/C11H22N2O/c1-2-5-13(10-3-4-10)8-9-6-11(14)7-12-9/h9-12,14H,2-8H2,1H3. The van der Waals surface area contributed by atoms with E-state index in [0.717, 1.165) is 25.6 Å². The van der Waals surface area contributed by atoms with Gasteiger partial charge in [0.05, 0.1) is 6.10 Å². The molecule has 14 heavy (non-hydrogen) atoms. The molecule has 2 N–H and O–H groups in total. The van der Waals surface area contributed by atoms with E-state index in [1.807, 2.05) is 0 Å². The van der Waals surface area contributed by atoms with Crippen LogP contribution in [0.1, 0.15) is 32.6 Å². The highest BCUT2D eigenvalue weighted by atomic mass is 16.3. The van der Waals surface area contributed by atoms with Gasteiger partial charge in [-0.1, -0.05) is 6.92 Å². The van der Waals surface area contributed by atoms with Gasteiger partial charge >= 0.3 is 0 Å². The molecule has 0 aromatic carbocycles. The quantitative estimate of drug-likeness (QED) is 0.678. The van der Waals surface area contributed by atoms with Gasteiger partial charge in [0.15, 0.2) is 0 Å². The summed E-state index contributed by atoms with van der Waals surface area (Å²) in [6, 6.07) is 1.38. The minimum absolute atomic E-state index is 0.109. The summed E-state index contributed by atoms with van der Waals surface area (Å²) < 4.78 is 0. The van der Waals surface area contributed by atoms with Crippen molar-refractivity contribution in [3.05, 3.63) is 0 Å². The Hall–Kier alpha value is -0.120. The third-order valence-corrected chi connectivity index (χ3v) is 3.23. The van der Waals surface area contributed by atoms with Gasteiger partial charge in [-0.15, -0.1) is 0 Å². The van der Waals surface area contributed by atoms with Crippen LogP contribution in [0.3, 0.4) is 0 Å². The average Bonchev–Trinajstić information content (AvgIpc) is 2.91. The summed E-state index contributed by atoms with van der Waals surface area (Å²) in [6.45, 7) is 5.39. The first-order valence-electron chi connectivity index (χ1n) is 5.95. The van der Waals surface area contributed by atoms with Gasteiger partial charge in [0.2, 0.25) is 0 Å². The van der Waals surface area contributed by atoms with Crippen molar-refractivity contribution < 1.29 is 5.11 Å². The van der Waals surface area contributed by atoms with E-state index >= 15 is 0 Å². The average molecular weight is 198 g/mol. The molecule has 1 saturated heterocycles. The van der Waals surface area contributed by atoms with E-state index in [2.05, 4.69) is 17.1 Å². The van der Waals surface area contributed by atoms with Crippen molar-refractivity contribution in [1.82, 2.24) is 10.2 Å². The Bertz CT molecular complexity index is 182. The van der Waals surface area contributed by atoms with E-state index in [1.54, 1.807) is 0 Å². The highest BCUT2D eigenvalue weighted by Gasteiger charge is 2.31. The predicted octanol–water partition coefficient (Wildman–Crippen LogP) is 0.584. The molecule has 3 heteroatoms. The fraction of sp³-hybridized carbons (Fsp3) is 1.00. The van der Waals surface area contributed by atoms with Gasteiger partial charge in [-0.05, 0) is 32.2 Å². The molecule has 0 spiro atoms. The monoisotopic (exact) mass is 198 g/mol. The Morgan fingerprint density at radius 1 is 1.43 bits per heavy atom. The molecular weight excluding hydrogens is 176 g/mol. The zero-order valence-electron chi connectivity index (χ0n) is 9.08. The summed E-state index contributed by atoms with van der Waals surface area (Å²) in [5, 5.41) is 12.8. The van der Waals surface area contributed by atoms with Crippen LogP contribution < -0.4 is 5.32 Å². The fourth-order valence-electron chi connectivity index (χ4n) is 2.37. The molecule has 82 valence electrons. The molecule has 0 bridgehead atoms. The number of β-amino-alcohol motifs (C(OH)–C–C–N with tert-alkyl or cyclic N) is 1. The number of nitrogens with zero attached hydrogens (tertiary/aromatic N) is 1. The van der Waals surface area contributed by atoms with Crippen LogP contribution in [-0.4, -0.2) is 47.8 Å². The first-order chi connectivity index (χ1) is 6.79. The van der Waals surface area contributed by atoms with Crippen LogP contribution in [0.15, 0.2) is 0 Å². The van der Waals surface area contributed by atoms with E-state index in [9.17, 15) is 5.11 Å². The number of nitrogens with one attached hydrogen (secondary N) is 1. The second kappa shape index (κ2) is 4.60. The van der Waals surface area contributed by atoms with Crippen molar-refractivity contribution in [2.24, 2.45) is 0 Å². The third kappa shape index (κ3) is 2.69. The van der Waals surface area contributed by atoms with Gasteiger partial charge in [-0.2, -0.15) is 0 Å². The summed E-state index contributed by atoms with van der Waals surface area (Å²) >= 11 is 0. The molecule has 2 atom stereocenters. The number of hydrogen-bond acceptors (Lipinski definition) is 3. The Morgan fingerprint density at radius 3 is 2.71 bits per heavy atom. The minimum Gasteiger partial charge on any atom is -0.392 e. The van der Waals surface area contributed by atoms with Crippen LogP contribution in [0, 0.1) is 0 Å². The van der Waals surface area contributed by atoms with Crippen LogP contribution in [-0.2, 0) is 0 Å². The van der Waals surface area contributed by atoms with Crippen LogP contribution in [0.5, 0.6) is 0 Å². The molecule has 1 heterocycles. The highest BCUT2D eigenvalue weighted by molar-refractivity contribution is 4.90. The lowest BCUT2D eigenvalue weighted by molar-refractivity contribution is 0.185. The fourth-order valence-corrected chi connectivity index (χ4v) is 2.37. The van der Waals surface area contributed by atoms with E-state index in [4.69, 9.17) is 0 Å². The molecule has 1 aliphatic carbocycles. The summed E-state index contributed by atoms with van der Waals surface area (Å²) in [5.74, 6) is 0. The summed E-state index contributed by atoms with van der Waals surface area (Å²) in [5.41, 5.74) is 0. The first kappa shape index (κ1) is 10.4. The van der Waals surface area contributed by atoms with Crippen molar-refractivity contribution >= 4 is 0 Å². The first-order valence-corrected chi connectivity index (χ1v) is 5.95. The van der Waals surface area contributed by atoms with E-state index in [0.29, 0.717) is 6.04 Å². The Morgan fingerprint density at radius 2 is 2.21 bits per heavy atom. The van der Waals surface area contributed by atoms with Gasteiger partial charge in [-0.3, -0.25) is 4.90 Å². The number of aliphatic hydroxyl groups excluding tert-OH is 1. The normalized spacial score (nSPS) is 32.8. The van der Waals surface area contributed by atoms with E-state index < -0.39 is 0 Å². The van der Waals surface area contributed by atoms with Crippen molar-refractivity contribution in [1.29, 1.82) is 0 Å². The topological polar surface area (TPSA) is 35.5 Å². The lowest BCUT2D eigenvalue weighted by Gasteiger charge is -2.24. The molecular formula is C11H22N2O. The molecule has 3 nitrogen and oxygen atoms in total. The lowest BCUT2D eigenvalue weighted by atomic mass is 10.2. The largest absolute Gasteiger partial charge is 0.392 e. The van der Waals surface area contributed by atoms with Gasteiger partial charge in [-0.25, -0.2) is 0 Å². The molecule has 2 fully saturated rings. The summed E-state index contributed by atoms with van der Waals surface area (Å²) in [4.78, 5) is 2.59. The maximum atomic E-state index is 9.42. The Balaban J connectivity index is 1.75. The van der Waals surface area contributed by atoms with Crippen LogP contribution in [0.2, 0.25) is 0 Å². The van der Waals surface area contributed by atoms with Crippen LogP contribution in [0.4, 0.5) is 0 Å². The van der Waals surface area contributed by atoms with Gasteiger partial charge in [0.25, 0.3) is 0 Å². The second-order valence-electron chi connectivity index (χ2n) is 4.72. The van der Waals surface area contributed by atoms with Crippen LogP contribution >= 0.6 is 0 Å². The van der Waals surface area contributed by atoms with Gasteiger partial charge in [0.1, 0.15) is 0 Å². The molecule has 0 radical (unpaired) electrons. The SMILES string of the molecule is CCCN(CC1CC(O)CN1)C1CC1. The summed E-state index contributed by atoms with van der Waals surface area (Å²) in [7, 11) is 0. The Kier molecular flexibility index (Phi) is 3.42. The zero-order chi connectivity index (χ0) is 9.97. The Labute approximate surface area is 86.5 Å². The van der Waals surface area contributed by atoms with Crippen LogP contribution in [0.25, 0.3) is 0 Å². The number of hydrogen-bond donors (Lipinski definition) is 2. The predicted molar refractivity (Wildman–Crippen MR) is 57.3 cm³/mol. The zero-order valence-corrected chi connectivity index (χ0v) is 9.08. The maximum Gasteiger partial charge on any atom is 0.0680 e.